The smallest absolute Gasteiger partial charge is 0.323 e. The zero-order valence-electron chi connectivity index (χ0n) is 11.6. The lowest BCUT2D eigenvalue weighted by molar-refractivity contribution is -0.137. The molecule has 5 nitrogen and oxygen atoms in total. The number of carboxylic acid groups (broad SMARTS) is 1. The van der Waals surface area contributed by atoms with E-state index >= 15 is 0 Å². The molecule has 0 heterocycles. The Morgan fingerprint density at radius 3 is 2.39 bits per heavy atom. The average Bonchev–Trinajstić information content (AvgIpc) is 2.26. The molecule has 0 aromatic heterocycles. The second-order valence-corrected chi connectivity index (χ2v) is 5.59. The van der Waals surface area contributed by atoms with Gasteiger partial charge in [0.1, 0.15) is 6.54 Å². The van der Waals surface area contributed by atoms with Gasteiger partial charge in [-0.1, -0.05) is 20.8 Å². The number of nitrogens with one attached hydrogen (secondary N) is 1. The van der Waals surface area contributed by atoms with Gasteiger partial charge in [-0.05, 0) is 18.6 Å². The molecule has 0 spiro atoms. The van der Waals surface area contributed by atoms with E-state index in [1.165, 1.54) is 4.90 Å². The van der Waals surface area contributed by atoms with Gasteiger partial charge < -0.3 is 15.3 Å². The molecule has 6 heteroatoms. The molecule has 0 fully saturated rings. The maximum atomic E-state index is 12.0. The molecule has 106 valence electrons. The fraction of sp³-hybridized carbons (Fsp3) is 0.833. The zero-order chi connectivity index (χ0) is 14.1. The third-order valence-electron chi connectivity index (χ3n) is 2.39. The van der Waals surface area contributed by atoms with Crippen molar-refractivity contribution in [2.24, 2.45) is 5.92 Å². The minimum Gasteiger partial charge on any atom is -0.480 e. The summed E-state index contributed by atoms with van der Waals surface area (Å²) in [6.45, 7) is 6.13. The van der Waals surface area contributed by atoms with Gasteiger partial charge in [0.25, 0.3) is 0 Å². The number of urea groups is 1. The highest BCUT2D eigenvalue weighted by Gasteiger charge is 2.20. The van der Waals surface area contributed by atoms with Crippen LogP contribution in [-0.2, 0) is 4.79 Å². The molecular weight excluding hydrogens is 252 g/mol. The lowest BCUT2D eigenvalue weighted by Crippen LogP contribution is -2.48. The molecule has 0 saturated heterocycles. The fourth-order valence-corrected chi connectivity index (χ4v) is 2.27. The third-order valence-corrected chi connectivity index (χ3v) is 3.12. The van der Waals surface area contributed by atoms with Gasteiger partial charge in [-0.2, -0.15) is 11.8 Å². The number of hydrogen-bond donors (Lipinski definition) is 2. The molecule has 0 aliphatic rings. The summed E-state index contributed by atoms with van der Waals surface area (Å²) < 4.78 is 0. The van der Waals surface area contributed by atoms with Crippen molar-refractivity contribution in [2.75, 3.05) is 25.1 Å². The molecule has 0 aromatic carbocycles. The van der Waals surface area contributed by atoms with Crippen molar-refractivity contribution in [3.05, 3.63) is 0 Å². The number of amides is 2. The second-order valence-electron chi connectivity index (χ2n) is 4.68. The number of aliphatic carboxylic acids is 1. The molecule has 0 aromatic rings. The van der Waals surface area contributed by atoms with E-state index in [1.54, 1.807) is 11.8 Å². The van der Waals surface area contributed by atoms with Crippen LogP contribution >= 0.6 is 11.8 Å². The Balaban J connectivity index is 4.47. The molecule has 0 saturated carbocycles. The number of hydrogen-bond acceptors (Lipinski definition) is 3. The second kappa shape index (κ2) is 9.08. The highest BCUT2D eigenvalue weighted by atomic mass is 32.2. The summed E-state index contributed by atoms with van der Waals surface area (Å²) in [4.78, 5) is 24.1. The average molecular weight is 276 g/mol. The van der Waals surface area contributed by atoms with Crippen molar-refractivity contribution in [3.63, 3.8) is 0 Å². The first-order chi connectivity index (χ1) is 8.40. The van der Waals surface area contributed by atoms with E-state index < -0.39 is 5.97 Å². The standard InChI is InChI=1S/C12H24N2O3S/c1-5-10(8-18-4)13-12(17)14(6-9(2)3)7-11(15)16/h9-10H,5-8H2,1-4H3,(H,13,17)(H,15,16). The predicted molar refractivity (Wildman–Crippen MR) is 75.0 cm³/mol. The first-order valence-corrected chi connectivity index (χ1v) is 7.56. The lowest BCUT2D eigenvalue weighted by Gasteiger charge is -2.26. The van der Waals surface area contributed by atoms with Crippen LogP contribution in [0.25, 0.3) is 0 Å². The van der Waals surface area contributed by atoms with Gasteiger partial charge in [-0.15, -0.1) is 0 Å². The van der Waals surface area contributed by atoms with Crippen LogP contribution in [0.3, 0.4) is 0 Å². The Kier molecular flexibility index (Phi) is 8.62. The predicted octanol–water partition coefficient (Wildman–Crippen LogP) is 1.88. The van der Waals surface area contributed by atoms with Crippen molar-refractivity contribution in [2.45, 2.75) is 33.2 Å². The van der Waals surface area contributed by atoms with Gasteiger partial charge in [-0.25, -0.2) is 4.79 Å². The van der Waals surface area contributed by atoms with Gasteiger partial charge in [0.05, 0.1) is 0 Å². The number of carboxylic acids is 1. The van der Waals surface area contributed by atoms with Crippen molar-refractivity contribution in [3.8, 4) is 0 Å². The summed E-state index contributed by atoms with van der Waals surface area (Å²) in [5, 5.41) is 11.7. The van der Waals surface area contributed by atoms with Crippen molar-refractivity contribution >= 4 is 23.8 Å². The third kappa shape index (κ3) is 7.42. The number of carbonyl (C=O) groups is 2. The van der Waals surface area contributed by atoms with Gasteiger partial charge in [0, 0.05) is 18.3 Å². The largest absolute Gasteiger partial charge is 0.480 e. The lowest BCUT2D eigenvalue weighted by atomic mass is 10.2. The summed E-state index contributed by atoms with van der Waals surface area (Å²) in [5.74, 6) is 0.101. The van der Waals surface area contributed by atoms with Crippen LogP contribution in [0.2, 0.25) is 0 Å². The molecule has 0 aliphatic carbocycles. The molecule has 2 amide bonds. The van der Waals surface area contributed by atoms with E-state index in [2.05, 4.69) is 5.32 Å². The van der Waals surface area contributed by atoms with Crippen LogP contribution in [0.15, 0.2) is 0 Å². The van der Waals surface area contributed by atoms with Crippen LogP contribution in [0.1, 0.15) is 27.2 Å². The van der Waals surface area contributed by atoms with Crippen LogP contribution in [0.5, 0.6) is 0 Å². The highest BCUT2D eigenvalue weighted by Crippen LogP contribution is 2.04. The molecule has 0 rings (SSSR count). The van der Waals surface area contributed by atoms with E-state index in [9.17, 15) is 9.59 Å². The molecule has 1 unspecified atom stereocenters. The Morgan fingerprint density at radius 1 is 1.39 bits per heavy atom. The van der Waals surface area contributed by atoms with Gasteiger partial charge in [-0.3, -0.25) is 4.79 Å². The summed E-state index contributed by atoms with van der Waals surface area (Å²) in [6, 6.07) is -0.192. The van der Waals surface area contributed by atoms with Gasteiger partial charge >= 0.3 is 12.0 Å². The monoisotopic (exact) mass is 276 g/mol. The van der Waals surface area contributed by atoms with E-state index in [1.807, 2.05) is 27.0 Å². The fourth-order valence-electron chi connectivity index (χ4n) is 1.55. The summed E-state index contributed by atoms with van der Waals surface area (Å²) in [5.41, 5.74) is 0. The van der Waals surface area contributed by atoms with E-state index in [-0.39, 0.29) is 24.5 Å². The Bertz CT molecular complexity index is 272. The molecule has 0 bridgehead atoms. The summed E-state index contributed by atoms with van der Waals surface area (Å²) in [6.07, 6.45) is 2.83. The van der Waals surface area contributed by atoms with E-state index in [4.69, 9.17) is 5.11 Å². The SMILES string of the molecule is CCC(CSC)NC(=O)N(CC(=O)O)CC(C)C. The van der Waals surface area contributed by atoms with E-state index in [0.29, 0.717) is 6.54 Å². The number of carbonyl (C=O) groups excluding carboxylic acids is 1. The van der Waals surface area contributed by atoms with Gasteiger partial charge in [0.15, 0.2) is 0 Å². The normalized spacial score (nSPS) is 12.3. The van der Waals surface area contributed by atoms with Crippen LogP contribution in [-0.4, -0.2) is 53.1 Å². The molecule has 0 aliphatic heterocycles. The van der Waals surface area contributed by atoms with Gasteiger partial charge in [0.2, 0.25) is 0 Å². The molecule has 0 radical (unpaired) electrons. The van der Waals surface area contributed by atoms with Crippen molar-refractivity contribution < 1.29 is 14.7 Å². The first kappa shape index (κ1) is 17.1. The summed E-state index contributed by atoms with van der Waals surface area (Å²) >= 11 is 1.67. The zero-order valence-corrected chi connectivity index (χ0v) is 12.4. The molecular formula is C12H24N2O3S. The Hall–Kier alpha value is -0.910. The van der Waals surface area contributed by atoms with E-state index in [0.717, 1.165) is 12.2 Å². The minimum atomic E-state index is -0.983. The molecule has 2 N–H and O–H groups in total. The Labute approximate surface area is 113 Å². The first-order valence-electron chi connectivity index (χ1n) is 6.16. The quantitative estimate of drug-likeness (QED) is 0.710. The highest BCUT2D eigenvalue weighted by molar-refractivity contribution is 7.98. The molecule has 1 atom stereocenters. The number of thioether (sulfide) groups is 1. The number of rotatable bonds is 8. The van der Waals surface area contributed by atoms with Crippen LogP contribution < -0.4 is 5.32 Å². The van der Waals surface area contributed by atoms with Crippen LogP contribution in [0, 0.1) is 5.92 Å². The maximum Gasteiger partial charge on any atom is 0.323 e. The van der Waals surface area contributed by atoms with Crippen molar-refractivity contribution in [1.29, 1.82) is 0 Å². The number of nitrogens with zero attached hydrogens (tertiary/aromatic N) is 1. The topological polar surface area (TPSA) is 69.6 Å². The maximum absolute atomic E-state index is 12.0. The van der Waals surface area contributed by atoms with Crippen LogP contribution in [0.4, 0.5) is 4.79 Å². The molecule has 18 heavy (non-hydrogen) atoms. The van der Waals surface area contributed by atoms with Crippen molar-refractivity contribution in [1.82, 2.24) is 10.2 Å². The minimum absolute atomic E-state index is 0.0935. The summed E-state index contributed by atoms with van der Waals surface area (Å²) in [7, 11) is 0. The Morgan fingerprint density at radius 2 is 2.00 bits per heavy atom.